The topological polar surface area (TPSA) is 75.6 Å². The number of hydrogen-bond donors (Lipinski definition) is 2. The fourth-order valence-corrected chi connectivity index (χ4v) is 4.21. The number of aliphatic hydroxyl groups is 1. The number of ether oxygens (including phenoxy) is 1. The molecule has 2 aromatic carbocycles. The number of rotatable bonds is 5. The van der Waals surface area contributed by atoms with Crippen LogP contribution < -0.4 is 9.46 Å². The first-order chi connectivity index (χ1) is 11.4. The highest BCUT2D eigenvalue weighted by molar-refractivity contribution is 7.89. The van der Waals surface area contributed by atoms with Crippen molar-refractivity contribution < 1.29 is 18.3 Å². The summed E-state index contributed by atoms with van der Waals surface area (Å²) in [5.74, 6) is 0.820. The minimum atomic E-state index is -3.75. The quantitative estimate of drug-likeness (QED) is 0.851. The Bertz CT molecular complexity index is 867. The summed E-state index contributed by atoms with van der Waals surface area (Å²) in [5.41, 5.74) is 2.17. The average molecular weight is 368 g/mol. The van der Waals surface area contributed by atoms with Crippen LogP contribution in [0.2, 0.25) is 5.02 Å². The van der Waals surface area contributed by atoms with Gasteiger partial charge in [0.1, 0.15) is 5.75 Å². The van der Waals surface area contributed by atoms with Crippen LogP contribution in [0.3, 0.4) is 0 Å². The number of benzene rings is 2. The van der Waals surface area contributed by atoms with Gasteiger partial charge in [-0.25, -0.2) is 13.1 Å². The molecule has 3 rings (SSSR count). The molecule has 1 atom stereocenters. The largest absolute Gasteiger partial charge is 0.493 e. The normalized spacial score (nSPS) is 15.0. The smallest absolute Gasteiger partial charge is 0.240 e. The summed E-state index contributed by atoms with van der Waals surface area (Å²) in [4.78, 5) is 0.115. The first-order valence-electron chi connectivity index (χ1n) is 7.57. The molecule has 5 nitrogen and oxygen atoms in total. The van der Waals surface area contributed by atoms with E-state index >= 15 is 0 Å². The van der Waals surface area contributed by atoms with Crippen LogP contribution in [-0.2, 0) is 16.4 Å². The highest BCUT2D eigenvalue weighted by atomic mass is 35.5. The van der Waals surface area contributed by atoms with Gasteiger partial charge in [-0.05, 0) is 47.9 Å². The lowest BCUT2D eigenvalue weighted by Crippen LogP contribution is -2.29. The van der Waals surface area contributed by atoms with Gasteiger partial charge < -0.3 is 9.84 Å². The molecule has 0 aromatic heterocycles. The van der Waals surface area contributed by atoms with Gasteiger partial charge in [0.2, 0.25) is 10.0 Å². The molecule has 2 aromatic rings. The van der Waals surface area contributed by atoms with E-state index in [0.29, 0.717) is 22.8 Å². The number of nitrogens with one attached hydrogen (secondary N) is 1. The zero-order valence-corrected chi connectivity index (χ0v) is 14.7. The lowest BCUT2D eigenvalue weighted by atomic mass is 10.0. The summed E-state index contributed by atoms with van der Waals surface area (Å²) >= 11 is 5.98. The van der Waals surface area contributed by atoms with Crippen LogP contribution in [0, 0.1) is 6.92 Å². The second-order valence-electron chi connectivity index (χ2n) is 5.70. The zero-order valence-electron chi connectivity index (χ0n) is 13.1. The fourth-order valence-electron chi connectivity index (χ4n) is 2.68. The second-order valence-corrected chi connectivity index (χ2v) is 7.84. The Morgan fingerprint density at radius 3 is 2.92 bits per heavy atom. The maximum atomic E-state index is 12.4. The molecule has 7 heteroatoms. The lowest BCUT2D eigenvalue weighted by Gasteiger charge is -2.15. The Morgan fingerprint density at radius 2 is 2.12 bits per heavy atom. The van der Waals surface area contributed by atoms with Crippen molar-refractivity contribution in [3.05, 3.63) is 58.1 Å². The van der Waals surface area contributed by atoms with Crippen molar-refractivity contribution in [3.63, 3.8) is 0 Å². The molecule has 0 radical (unpaired) electrons. The minimum Gasteiger partial charge on any atom is -0.493 e. The van der Waals surface area contributed by atoms with Gasteiger partial charge in [-0.15, -0.1) is 0 Å². The fraction of sp³-hybridized carbons (Fsp3) is 0.294. The van der Waals surface area contributed by atoms with Crippen LogP contribution in [0.15, 0.2) is 41.3 Å². The van der Waals surface area contributed by atoms with Crippen LogP contribution >= 0.6 is 11.6 Å². The Balaban J connectivity index is 1.73. The van der Waals surface area contributed by atoms with Gasteiger partial charge in [0.25, 0.3) is 0 Å². The van der Waals surface area contributed by atoms with Crippen molar-refractivity contribution in [1.82, 2.24) is 4.72 Å². The van der Waals surface area contributed by atoms with Gasteiger partial charge in [-0.2, -0.15) is 0 Å². The minimum absolute atomic E-state index is 0.115. The van der Waals surface area contributed by atoms with Crippen LogP contribution in [0.1, 0.15) is 22.8 Å². The standard InChI is InChI=1S/C17H18ClNO4S/c1-11-14(18)3-2-4-17(11)24(21,22)19-10-15(20)12-5-6-16-13(9-12)7-8-23-16/h2-6,9,15,19-20H,7-8,10H2,1H3. The number of aliphatic hydroxyl groups excluding tert-OH is 1. The van der Waals surface area contributed by atoms with E-state index in [9.17, 15) is 13.5 Å². The molecule has 0 saturated carbocycles. The molecule has 0 saturated heterocycles. The molecule has 0 spiro atoms. The van der Waals surface area contributed by atoms with E-state index in [1.165, 1.54) is 6.07 Å². The van der Waals surface area contributed by atoms with Gasteiger partial charge in [0, 0.05) is 18.0 Å². The Labute approximate surface area is 146 Å². The lowest BCUT2D eigenvalue weighted by molar-refractivity contribution is 0.182. The monoisotopic (exact) mass is 367 g/mol. The first-order valence-corrected chi connectivity index (χ1v) is 9.43. The van der Waals surface area contributed by atoms with Crippen LogP contribution in [0.25, 0.3) is 0 Å². The third kappa shape index (κ3) is 3.42. The Morgan fingerprint density at radius 1 is 1.33 bits per heavy atom. The summed E-state index contributed by atoms with van der Waals surface area (Å²) in [5, 5.41) is 10.7. The van der Waals surface area contributed by atoms with Gasteiger partial charge in [-0.3, -0.25) is 0 Å². The first kappa shape index (κ1) is 17.2. The molecule has 0 aliphatic carbocycles. The van der Waals surface area contributed by atoms with Gasteiger partial charge in [-0.1, -0.05) is 23.7 Å². The Hall–Kier alpha value is -1.60. The molecule has 0 bridgehead atoms. The maximum Gasteiger partial charge on any atom is 0.240 e. The molecule has 1 aliphatic heterocycles. The van der Waals surface area contributed by atoms with E-state index in [1.54, 1.807) is 31.2 Å². The van der Waals surface area contributed by atoms with Gasteiger partial charge in [0.05, 0.1) is 17.6 Å². The van der Waals surface area contributed by atoms with Crippen molar-refractivity contribution in [2.75, 3.05) is 13.2 Å². The van der Waals surface area contributed by atoms with E-state index in [4.69, 9.17) is 16.3 Å². The molecule has 2 N–H and O–H groups in total. The van der Waals surface area contributed by atoms with Gasteiger partial charge >= 0.3 is 0 Å². The Kier molecular flexibility index (Phi) is 4.83. The molecule has 1 heterocycles. The third-order valence-electron chi connectivity index (χ3n) is 4.07. The number of halogens is 1. The summed E-state index contributed by atoms with van der Waals surface area (Å²) in [6.45, 7) is 2.16. The van der Waals surface area contributed by atoms with E-state index in [2.05, 4.69) is 4.72 Å². The van der Waals surface area contributed by atoms with E-state index in [1.807, 2.05) is 6.07 Å². The highest BCUT2D eigenvalue weighted by Crippen LogP contribution is 2.28. The number of hydrogen-bond acceptors (Lipinski definition) is 4. The number of fused-ring (bicyclic) bond motifs is 1. The molecule has 128 valence electrons. The molecule has 0 fully saturated rings. The second kappa shape index (κ2) is 6.72. The van der Waals surface area contributed by atoms with Crippen molar-refractivity contribution in [2.24, 2.45) is 0 Å². The van der Waals surface area contributed by atoms with E-state index in [0.717, 1.165) is 17.7 Å². The molecule has 1 unspecified atom stereocenters. The van der Waals surface area contributed by atoms with Crippen molar-refractivity contribution in [2.45, 2.75) is 24.3 Å². The van der Waals surface area contributed by atoms with Crippen LogP contribution in [0.5, 0.6) is 5.75 Å². The molecule has 1 aliphatic rings. The summed E-state index contributed by atoms with van der Waals surface area (Å²) in [6.07, 6.45) is -0.145. The summed E-state index contributed by atoms with van der Waals surface area (Å²) in [7, 11) is -3.75. The predicted octanol–water partition coefficient (Wildman–Crippen LogP) is 2.60. The predicted molar refractivity (Wildman–Crippen MR) is 92.0 cm³/mol. The highest BCUT2D eigenvalue weighted by Gasteiger charge is 2.21. The van der Waals surface area contributed by atoms with Crippen molar-refractivity contribution in [1.29, 1.82) is 0 Å². The zero-order chi connectivity index (χ0) is 17.3. The third-order valence-corrected chi connectivity index (χ3v) is 6.05. The molecular formula is C17H18ClNO4S. The van der Waals surface area contributed by atoms with Gasteiger partial charge in [0.15, 0.2) is 0 Å². The SMILES string of the molecule is Cc1c(Cl)cccc1S(=O)(=O)NCC(O)c1ccc2c(c1)CCO2. The molecule has 0 amide bonds. The number of sulfonamides is 1. The van der Waals surface area contributed by atoms with Crippen molar-refractivity contribution in [3.8, 4) is 5.75 Å². The van der Waals surface area contributed by atoms with E-state index < -0.39 is 16.1 Å². The summed E-state index contributed by atoms with van der Waals surface area (Å²) in [6, 6.07) is 10.1. The van der Waals surface area contributed by atoms with Crippen molar-refractivity contribution >= 4 is 21.6 Å². The molecular weight excluding hydrogens is 350 g/mol. The van der Waals surface area contributed by atoms with Crippen LogP contribution in [0.4, 0.5) is 0 Å². The summed E-state index contributed by atoms with van der Waals surface area (Å²) < 4.78 is 32.7. The van der Waals surface area contributed by atoms with Crippen LogP contribution in [-0.4, -0.2) is 26.7 Å². The maximum absolute atomic E-state index is 12.4. The van der Waals surface area contributed by atoms with E-state index in [-0.39, 0.29) is 11.4 Å². The average Bonchev–Trinajstić information content (AvgIpc) is 3.02. The molecule has 24 heavy (non-hydrogen) atoms.